The van der Waals surface area contributed by atoms with E-state index in [4.69, 9.17) is 9.47 Å². The van der Waals surface area contributed by atoms with Gasteiger partial charge in [-0.3, -0.25) is 0 Å². The third-order valence-corrected chi connectivity index (χ3v) is 2.52. The number of rotatable bonds is 4. The summed E-state index contributed by atoms with van der Waals surface area (Å²) in [6.45, 7) is 1.99. The maximum atomic E-state index is 13.3. The van der Waals surface area contributed by atoms with Crippen molar-refractivity contribution in [2.75, 3.05) is 7.11 Å². The molecule has 2 rings (SSSR count). The minimum absolute atomic E-state index is 0.272. The highest BCUT2D eigenvalue weighted by atomic mass is 19.1. The summed E-state index contributed by atoms with van der Waals surface area (Å²) in [4.78, 5) is 4.21. The van der Waals surface area contributed by atoms with Gasteiger partial charge in [0.1, 0.15) is 18.2 Å². The second-order valence-electron chi connectivity index (χ2n) is 3.87. The molecule has 0 saturated heterocycles. The zero-order valence-corrected chi connectivity index (χ0v) is 10.3. The van der Waals surface area contributed by atoms with Crippen LogP contribution in [-0.4, -0.2) is 12.1 Å². The molecule has 0 amide bonds. The van der Waals surface area contributed by atoms with Gasteiger partial charge in [-0.2, -0.15) is 0 Å². The molecule has 0 aliphatic heterocycles. The Morgan fingerprint density at radius 2 is 2.06 bits per heavy atom. The second kappa shape index (κ2) is 5.49. The molecule has 0 radical (unpaired) electrons. The van der Waals surface area contributed by atoms with Crippen molar-refractivity contribution in [3.63, 3.8) is 0 Å². The van der Waals surface area contributed by atoms with Crippen molar-refractivity contribution in [2.24, 2.45) is 0 Å². The number of ether oxygens (including phenoxy) is 2. The van der Waals surface area contributed by atoms with E-state index in [0.717, 1.165) is 5.69 Å². The fourth-order valence-electron chi connectivity index (χ4n) is 1.47. The Labute approximate surface area is 105 Å². The van der Waals surface area contributed by atoms with Crippen molar-refractivity contribution in [1.29, 1.82) is 0 Å². The molecular formula is C14H14FNO2. The maximum absolute atomic E-state index is 13.3. The number of benzene rings is 1. The Morgan fingerprint density at radius 3 is 2.78 bits per heavy atom. The van der Waals surface area contributed by atoms with Gasteiger partial charge in [0.2, 0.25) is 5.88 Å². The van der Waals surface area contributed by atoms with Crippen LogP contribution in [0.5, 0.6) is 11.6 Å². The molecule has 94 valence electrons. The monoisotopic (exact) mass is 247 g/mol. The molecule has 0 unspecified atom stereocenters. The Kier molecular flexibility index (Phi) is 3.77. The Bertz CT molecular complexity index is 543. The molecular weight excluding hydrogens is 233 g/mol. The lowest BCUT2D eigenvalue weighted by atomic mass is 10.2. The van der Waals surface area contributed by atoms with Gasteiger partial charge < -0.3 is 9.47 Å². The van der Waals surface area contributed by atoms with Crippen LogP contribution in [0.1, 0.15) is 11.3 Å². The molecule has 3 nitrogen and oxygen atoms in total. The predicted molar refractivity (Wildman–Crippen MR) is 66.3 cm³/mol. The largest absolute Gasteiger partial charge is 0.487 e. The topological polar surface area (TPSA) is 31.4 Å². The molecule has 1 aromatic carbocycles. The molecule has 0 saturated carbocycles. The second-order valence-corrected chi connectivity index (χ2v) is 3.87. The summed E-state index contributed by atoms with van der Waals surface area (Å²) >= 11 is 0. The van der Waals surface area contributed by atoms with Crippen molar-refractivity contribution >= 4 is 0 Å². The van der Waals surface area contributed by atoms with Gasteiger partial charge in [0.25, 0.3) is 0 Å². The van der Waals surface area contributed by atoms with Crippen LogP contribution in [0.2, 0.25) is 0 Å². The zero-order chi connectivity index (χ0) is 13.0. The van der Waals surface area contributed by atoms with E-state index in [1.807, 2.05) is 12.1 Å². The average molecular weight is 247 g/mol. The normalized spacial score (nSPS) is 10.2. The first-order chi connectivity index (χ1) is 8.69. The van der Waals surface area contributed by atoms with E-state index < -0.39 is 0 Å². The molecule has 1 aromatic heterocycles. The van der Waals surface area contributed by atoms with Crippen LogP contribution < -0.4 is 9.47 Å². The summed E-state index contributed by atoms with van der Waals surface area (Å²) in [6.07, 6.45) is 0. The van der Waals surface area contributed by atoms with Crippen molar-refractivity contribution in [1.82, 2.24) is 4.98 Å². The van der Waals surface area contributed by atoms with Gasteiger partial charge in [-0.05, 0) is 24.6 Å². The Hall–Kier alpha value is -2.10. The lowest BCUT2D eigenvalue weighted by Gasteiger charge is -2.07. The number of pyridine rings is 1. The van der Waals surface area contributed by atoms with E-state index in [0.29, 0.717) is 17.2 Å². The van der Waals surface area contributed by atoms with Gasteiger partial charge in [-0.15, -0.1) is 0 Å². The molecule has 18 heavy (non-hydrogen) atoms. The van der Waals surface area contributed by atoms with Crippen LogP contribution in [0.25, 0.3) is 0 Å². The van der Waals surface area contributed by atoms with E-state index in [2.05, 4.69) is 4.98 Å². The molecule has 0 N–H and O–H groups in total. The third kappa shape index (κ3) is 2.97. The van der Waals surface area contributed by atoms with E-state index in [1.54, 1.807) is 32.2 Å². The van der Waals surface area contributed by atoms with Crippen LogP contribution in [0.3, 0.4) is 0 Å². The minimum Gasteiger partial charge on any atom is -0.487 e. The van der Waals surface area contributed by atoms with Gasteiger partial charge >= 0.3 is 0 Å². The lowest BCUT2D eigenvalue weighted by molar-refractivity contribution is 0.296. The van der Waals surface area contributed by atoms with Crippen LogP contribution in [-0.2, 0) is 6.61 Å². The van der Waals surface area contributed by atoms with E-state index in [-0.39, 0.29) is 12.4 Å². The first kappa shape index (κ1) is 12.4. The summed E-state index contributed by atoms with van der Waals surface area (Å²) in [7, 11) is 1.56. The van der Waals surface area contributed by atoms with Crippen LogP contribution in [0.4, 0.5) is 4.39 Å². The number of hydrogen-bond acceptors (Lipinski definition) is 3. The van der Waals surface area contributed by atoms with Gasteiger partial charge in [0.15, 0.2) is 0 Å². The van der Waals surface area contributed by atoms with Crippen molar-refractivity contribution in [3.05, 3.63) is 53.5 Å². The van der Waals surface area contributed by atoms with E-state index in [9.17, 15) is 4.39 Å². The van der Waals surface area contributed by atoms with Crippen LogP contribution in [0.15, 0.2) is 36.4 Å². The fourth-order valence-corrected chi connectivity index (χ4v) is 1.47. The average Bonchev–Trinajstić information content (AvgIpc) is 2.40. The van der Waals surface area contributed by atoms with Crippen LogP contribution >= 0.6 is 0 Å². The standard InChI is InChI=1S/C14H14FNO2/c1-10-6-7-12(8-13(10)15)18-9-11-4-3-5-14(16-11)17-2/h3-8H,9H2,1-2H3. The third-order valence-electron chi connectivity index (χ3n) is 2.52. The molecule has 2 aromatic rings. The highest BCUT2D eigenvalue weighted by molar-refractivity contribution is 5.28. The zero-order valence-electron chi connectivity index (χ0n) is 10.3. The Morgan fingerprint density at radius 1 is 1.22 bits per heavy atom. The molecule has 0 bridgehead atoms. The maximum Gasteiger partial charge on any atom is 0.213 e. The molecule has 0 aliphatic carbocycles. The first-order valence-corrected chi connectivity index (χ1v) is 5.58. The number of aromatic nitrogens is 1. The van der Waals surface area contributed by atoms with Crippen LogP contribution in [0, 0.1) is 12.7 Å². The minimum atomic E-state index is -0.272. The summed E-state index contributed by atoms with van der Waals surface area (Å²) in [5.74, 6) is 0.750. The molecule has 0 aliphatic rings. The van der Waals surface area contributed by atoms with E-state index in [1.165, 1.54) is 6.07 Å². The molecule has 0 atom stereocenters. The van der Waals surface area contributed by atoms with Gasteiger partial charge in [-0.25, -0.2) is 9.37 Å². The van der Waals surface area contributed by atoms with Crippen molar-refractivity contribution < 1.29 is 13.9 Å². The fraction of sp³-hybridized carbons (Fsp3) is 0.214. The molecule has 0 fully saturated rings. The van der Waals surface area contributed by atoms with Crippen molar-refractivity contribution in [2.45, 2.75) is 13.5 Å². The Balaban J connectivity index is 2.04. The highest BCUT2D eigenvalue weighted by Crippen LogP contribution is 2.17. The predicted octanol–water partition coefficient (Wildman–Crippen LogP) is 3.12. The quantitative estimate of drug-likeness (QED) is 0.831. The number of nitrogens with zero attached hydrogens (tertiary/aromatic N) is 1. The van der Waals surface area contributed by atoms with Gasteiger partial charge in [0.05, 0.1) is 12.8 Å². The highest BCUT2D eigenvalue weighted by Gasteiger charge is 2.02. The van der Waals surface area contributed by atoms with Gasteiger partial charge in [0, 0.05) is 12.1 Å². The summed E-state index contributed by atoms with van der Waals surface area (Å²) in [5, 5.41) is 0. The number of halogens is 1. The van der Waals surface area contributed by atoms with Gasteiger partial charge in [-0.1, -0.05) is 12.1 Å². The molecule has 1 heterocycles. The smallest absolute Gasteiger partial charge is 0.213 e. The number of aryl methyl sites for hydroxylation is 1. The summed E-state index contributed by atoms with van der Waals surface area (Å²) < 4.78 is 23.8. The lowest BCUT2D eigenvalue weighted by Crippen LogP contribution is -2.00. The molecule has 0 spiro atoms. The summed E-state index contributed by atoms with van der Waals surface area (Å²) in [5.41, 5.74) is 1.33. The SMILES string of the molecule is COc1cccc(COc2ccc(C)c(F)c2)n1. The number of methoxy groups -OCH3 is 1. The number of hydrogen-bond donors (Lipinski definition) is 0. The van der Waals surface area contributed by atoms with E-state index >= 15 is 0 Å². The molecule has 4 heteroatoms. The van der Waals surface area contributed by atoms with Crippen molar-refractivity contribution in [3.8, 4) is 11.6 Å². The summed E-state index contributed by atoms with van der Waals surface area (Å²) in [6, 6.07) is 10.2. The first-order valence-electron chi connectivity index (χ1n) is 5.58.